The molecule has 0 unspecified atom stereocenters. The van der Waals surface area contributed by atoms with Crippen molar-refractivity contribution in [3.8, 4) is 6.07 Å². The van der Waals surface area contributed by atoms with Crippen LogP contribution in [-0.4, -0.2) is 17.4 Å². The van der Waals surface area contributed by atoms with Crippen LogP contribution in [0.1, 0.15) is 28.4 Å². The molecule has 0 aliphatic rings. The van der Waals surface area contributed by atoms with Crippen molar-refractivity contribution < 1.29 is 4.79 Å². The van der Waals surface area contributed by atoms with Gasteiger partial charge in [0.15, 0.2) is 0 Å². The number of pyridine rings is 1. The molecule has 2 aromatic carbocycles. The predicted octanol–water partition coefficient (Wildman–Crippen LogP) is 4.23. The van der Waals surface area contributed by atoms with E-state index in [-0.39, 0.29) is 5.91 Å². The van der Waals surface area contributed by atoms with Gasteiger partial charge in [0, 0.05) is 19.3 Å². The number of nitriles is 1. The van der Waals surface area contributed by atoms with Crippen LogP contribution in [0.3, 0.4) is 0 Å². The van der Waals surface area contributed by atoms with Gasteiger partial charge in [0.1, 0.15) is 11.9 Å². The summed E-state index contributed by atoms with van der Waals surface area (Å²) in [6, 6.07) is 22.8. The zero-order valence-corrected chi connectivity index (χ0v) is 15.1. The molecule has 134 valence electrons. The minimum atomic E-state index is -0.289. The van der Waals surface area contributed by atoms with Crippen molar-refractivity contribution in [1.82, 2.24) is 4.98 Å². The minimum Gasteiger partial charge on any atom is -0.353 e. The number of nitrogens with one attached hydrogen (secondary N) is 1. The Morgan fingerprint density at radius 1 is 1.07 bits per heavy atom. The molecule has 1 N–H and O–H groups in total. The van der Waals surface area contributed by atoms with Gasteiger partial charge in [-0.15, -0.1) is 0 Å². The first-order valence-corrected chi connectivity index (χ1v) is 8.76. The number of carbonyl (C=O) groups is 1. The summed E-state index contributed by atoms with van der Waals surface area (Å²) >= 11 is 0. The first kappa shape index (κ1) is 18.2. The molecule has 5 heteroatoms. The Kier molecular flexibility index (Phi) is 5.80. The Bertz CT molecular complexity index is 946. The summed E-state index contributed by atoms with van der Waals surface area (Å²) in [5.74, 6) is 0.526. The molecule has 0 bridgehead atoms. The van der Waals surface area contributed by atoms with E-state index in [1.54, 1.807) is 36.5 Å². The molecule has 3 rings (SSSR count). The molecule has 0 fully saturated rings. The first-order valence-electron chi connectivity index (χ1n) is 8.76. The Labute approximate surface area is 158 Å². The van der Waals surface area contributed by atoms with Crippen molar-refractivity contribution in [2.75, 3.05) is 16.8 Å². The fraction of sp³-hybridized carbons (Fsp3) is 0.136. The van der Waals surface area contributed by atoms with Crippen LogP contribution < -0.4 is 10.2 Å². The van der Waals surface area contributed by atoms with Gasteiger partial charge in [-0.1, -0.05) is 42.5 Å². The van der Waals surface area contributed by atoms with E-state index in [0.717, 1.165) is 18.9 Å². The summed E-state index contributed by atoms with van der Waals surface area (Å²) in [6.07, 6.45) is 1.56. The molecular weight excluding hydrogens is 336 g/mol. The quantitative estimate of drug-likeness (QED) is 0.717. The third kappa shape index (κ3) is 4.50. The van der Waals surface area contributed by atoms with E-state index in [1.807, 2.05) is 24.3 Å². The predicted molar refractivity (Wildman–Crippen MR) is 107 cm³/mol. The molecule has 1 heterocycles. The molecule has 1 aromatic heterocycles. The standard InChI is InChI=1S/C22H20N4O/c1-2-26(16-17-8-4-3-5-9-17)21-13-12-19(15-24-21)22(27)25-20-11-7-6-10-18(20)14-23/h3-13,15H,2,16H2,1H3,(H,25,27). The number of aromatic nitrogens is 1. The molecule has 1 amide bonds. The zero-order valence-electron chi connectivity index (χ0n) is 15.1. The largest absolute Gasteiger partial charge is 0.353 e. The maximum Gasteiger partial charge on any atom is 0.257 e. The number of hydrogen-bond acceptors (Lipinski definition) is 4. The Hall–Kier alpha value is -3.65. The van der Waals surface area contributed by atoms with Crippen LogP contribution in [0.15, 0.2) is 72.9 Å². The lowest BCUT2D eigenvalue weighted by molar-refractivity contribution is 0.102. The van der Waals surface area contributed by atoms with E-state index in [9.17, 15) is 4.79 Å². The summed E-state index contributed by atoms with van der Waals surface area (Å²) in [4.78, 5) is 19.0. The van der Waals surface area contributed by atoms with Crippen molar-refractivity contribution in [3.05, 3.63) is 89.6 Å². The SMILES string of the molecule is CCN(Cc1ccccc1)c1ccc(C(=O)Nc2ccccc2C#N)cn1. The van der Waals surface area contributed by atoms with Crippen LogP contribution in [0.5, 0.6) is 0 Å². The second-order valence-corrected chi connectivity index (χ2v) is 6.02. The van der Waals surface area contributed by atoms with Gasteiger partial charge >= 0.3 is 0 Å². The van der Waals surface area contributed by atoms with Crippen molar-refractivity contribution in [2.24, 2.45) is 0 Å². The van der Waals surface area contributed by atoms with Crippen molar-refractivity contribution in [1.29, 1.82) is 5.26 Å². The third-order valence-corrected chi connectivity index (χ3v) is 4.23. The molecule has 0 aliphatic heterocycles. The highest BCUT2D eigenvalue weighted by Crippen LogP contribution is 2.17. The molecule has 5 nitrogen and oxygen atoms in total. The molecule has 3 aromatic rings. The maximum atomic E-state index is 12.4. The van der Waals surface area contributed by atoms with Crippen molar-refractivity contribution >= 4 is 17.4 Å². The number of amides is 1. The second kappa shape index (κ2) is 8.63. The Balaban J connectivity index is 1.72. The fourth-order valence-corrected chi connectivity index (χ4v) is 2.75. The van der Waals surface area contributed by atoms with Crippen LogP contribution in [0.4, 0.5) is 11.5 Å². The lowest BCUT2D eigenvalue weighted by atomic mass is 10.2. The average molecular weight is 356 g/mol. The highest BCUT2D eigenvalue weighted by atomic mass is 16.1. The number of nitrogens with zero attached hydrogens (tertiary/aromatic N) is 3. The fourth-order valence-electron chi connectivity index (χ4n) is 2.75. The topological polar surface area (TPSA) is 69.0 Å². The van der Waals surface area contributed by atoms with Gasteiger partial charge in [-0.25, -0.2) is 4.98 Å². The lowest BCUT2D eigenvalue weighted by Crippen LogP contribution is -2.23. The Morgan fingerprint density at radius 3 is 2.48 bits per heavy atom. The first-order chi connectivity index (χ1) is 13.2. The normalized spacial score (nSPS) is 10.1. The number of carbonyl (C=O) groups excluding carboxylic acids is 1. The molecule has 0 radical (unpaired) electrons. The zero-order chi connectivity index (χ0) is 19.1. The molecule has 0 saturated heterocycles. The summed E-state index contributed by atoms with van der Waals surface area (Å²) in [5, 5.41) is 11.9. The van der Waals surface area contributed by atoms with Gasteiger partial charge in [0.2, 0.25) is 0 Å². The van der Waals surface area contributed by atoms with Crippen LogP contribution in [0, 0.1) is 11.3 Å². The smallest absolute Gasteiger partial charge is 0.257 e. The Morgan fingerprint density at radius 2 is 1.81 bits per heavy atom. The van der Waals surface area contributed by atoms with E-state index in [1.165, 1.54) is 5.56 Å². The molecule has 0 aliphatic carbocycles. The number of rotatable bonds is 6. The van der Waals surface area contributed by atoms with Crippen LogP contribution in [0.2, 0.25) is 0 Å². The van der Waals surface area contributed by atoms with Crippen LogP contribution in [-0.2, 0) is 6.54 Å². The molecule has 0 saturated carbocycles. The second-order valence-electron chi connectivity index (χ2n) is 6.02. The molecule has 0 spiro atoms. The van der Waals surface area contributed by atoms with E-state index in [2.05, 4.69) is 40.3 Å². The summed E-state index contributed by atoms with van der Waals surface area (Å²) in [5.41, 5.74) is 2.57. The molecule has 27 heavy (non-hydrogen) atoms. The van der Waals surface area contributed by atoms with Crippen LogP contribution >= 0.6 is 0 Å². The van der Waals surface area contributed by atoms with Gasteiger partial charge in [-0.05, 0) is 36.8 Å². The molecular formula is C22H20N4O. The minimum absolute atomic E-state index is 0.289. The average Bonchev–Trinajstić information content (AvgIpc) is 2.73. The summed E-state index contributed by atoms with van der Waals surface area (Å²) in [7, 11) is 0. The van der Waals surface area contributed by atoms with Gasteiger partial charge < -0.3 is 10.2 Å². The lowest BCUT2D eigenvalue weighted by Gasteiger charge is -2.22. The van der Waals surface area contributed by atoms with E-state index >= 15 is 0 Å². The summed E-state index contributed by atoms with van der Waals surface area (Å²) in [6.45, 7) is 3.64. The van der Waals surface area contributed by atoms with Crippen molar-refractivity contribution in [2.45, 2.75) is 13.5 Å². The number of anilines is 2. The molecule has 0 atom stereocenters. The van der Waals surface area contributed by atoms with E-state index < -0.39 is 0 Å². The van der Waals surface area contributed by atoms with Gasteiger partial charge in [0.05, 0.1) is 16.8 Å². The number of benzene rings is 2. The number of hydrogen-bond donors (Lipinski definition) is 1. The summed E-state index contributed by atoms with van der Waals surface area (Å²) < 4.78 is 0. The van der Waals surface area contributed by atoms with E-state index in [0.29, 0.717) is 16.8 Å². The van der Waals surface area contributed by atoms with Gasteiger partial charge in [-0.2, -0.15) is 5.26 Å². The van der Waals surface area contributed by atoms with Gasteiger partial charge in [-0.3, -0.25) is 4.79 Å². The number of para-hydroxylation sites is 1. The van der Waals surface area contributed by atoms with Crippen LogP contribution in [0.25, 0.3) is 0 Å². The maximum absolute atomic E-state index is 12.4. The van der Waals surface area contributed by atoms with E-state index in [4.69, 9.17) is 5.26 Å². The van der Waals surface area contributed by atoms with Gasteiger partial charge in [0.25, 0.3) is 5.91 Å². The highest BCUT2D eigenvalue weighted by Gasteiger charge is 2.11. The van der Waals surface area contributed by atoms with Crippen molar-refractivity contribution in [3.63, 3.8) is 0 Å². The monoisotopic (exact) mass is 356 g/mol. The highest BCUT2D eigenvalue weighted by molar-refractivity contribution is 6.04. The third-order valence-electron chi connectivity index (χ3n) is 4.23.